The van der Waals surface area contributed by atoms with E-state index in [2.05, 4.69) is 19.8 Å². The summed E-state index contributed by atoms with van der Waals surface area (Å²) in [6, 6.07) is 5.03. The van der Waals surface area contributed by atoms with Gasteiger partial charge in [0.15, 0.2) is 0 Å². The minimum Gasteiger partial charge on any atom is -0.389 e. The molecule has 3 heterocycles. The largest absolute Gasteiger partial charge is 0.389 e. The number of benzene rings is 1. The lowest BCUT2D eigenvalue weighted by atomic mass is 10.0. The van der Waals surface area contributed by atoms with Crippen LogP contribution in [0.1, 0.15) is 12.8 Å². The van der Waals surface area contributed by atoms with E-state index in [0.717, 1.165) is 37.9 Å². The second-order valence-electron chi connectivity index (χ2n) is 6.82. The Balaban J connectivity index is 1.43. The van der Waals surface area contributed by atoms with E-state index in [0.29, 0.717) is 37.3 Å². The van der Waals surface area contributed by atoms with E-state index in [9.17, 15) is 9.50 Å². The molecular weight excluding hydrogens is 323 g/mol. The lowest BCUT2D eigenvalue weighted by Gasteiger charge is -2.38. The van der Waals surface area contributed by atoms with E-state index >= 15 is 0 Å². The van der Waals surface area contributed by atoms with Gasteiger partial charge in [0.1, 0.15) is 5.82 Å². The van der Waals surface area contributed by atoms with Crippen LogP contribution in [0.2, 0.25) is 0 Å². The normalized spacial score (nSPS) is 23.8. The molecule has 6 nitrogen and oxygen atoms in total. The van der Waals surface area contributed by atoms with Gasteiger partial charge in [0.05, 0.1) is 24.8 Å². The number of piperidine rings is 1. The van der Waals surface area contributed by atoms with Crippen molar-refractivity contribution in [3.05, 3.63) is 30.2 Å². The van der Waals surface area contributed by atoms with Gasteiger partial charge in [0, 0.05) is 49.9 Å². The van der Waals surface area contributed by atoms with E-state index in [1.165, 1.54) is 12.1 Å². The lowest BCUT2D eigenvalue weighted by molar-refractivity contribution is 0.0534. The number of aromatic nitrogens is 2. The summed E-state index contributed by atoms with van der Waals surface area (Å²) >= 11 is 0. The van der Waals surface area contributed by atoms with Crippen LogP contribution in [-0.4, -0.2) is 71.5 Å². The van der Waals surface area contributed by atoms with Gasteiger partial charge in [-0.15, -0.1) is 0 Å². The van der Waals surface area contributed by atoms with Crippen LogP contribution in [0.3, 0.4) is 0 Å². The molecule has 2 aliphatic heterocycles. The van der Waals surface area contributed by atoms with Crippen LogP contribution in [-0.2, 0) is 4.74 Å². The van der Waals surface area contributed by atoms with Gasteiger partial charge in [-0.2, -0.15) is 0 Å². The minimum atomic E-state index is -0.403. The van der Waals surface area contributed by atoms with E-state index in [-0.39, 0.29) is 5.82 Å². The van der Waals surface area contributed by atoms with Crippen LogP contribution in [0.15, 0.2) is 24.4 Å². The number of fused-ring (bicyclic) bond motifs is 1. The van der Waals surface area contributed by atoms with Crippen molar-refractivity contribution in [3.8, 4) is 0 Å². The van der Waals surface area contributed by atoms with Gasteiger partial charge in [0.2, 0.25) is 5.95 Å². The molecule has 25 heavy (non-hydrogen) atoms. The molecule has 1 aromatic heterocycles. The third-order valence-corrected chi connectivity index (χ3v) is 5.07. The molecule has 1 aromatic carbocycles. The van der Waals surface area contributed by atoms with Crippen LogP contribution < -0.4 is 4.90 Å². The number of aliphatic hydroxyl groups excluding tert-OH is 1. The minimum absolute atomic E-state index is 0.280. The van der Waals surface area contributed by atoms with Gasteiger partial charge in [-0.05, 0) is 25.0 Å². The number of hydrogen-bond donors (Lipinski definition) is 1. The number of aliphatic hydroxyl groups is 1. The first kappa shape index (κ1) is 16.6. The Morgan fingerprint density at radius 1 is 1.20 bits per heavy atom. The molecule has 2 aromatic rings. The highest BCUT2D eigenvalue weighted by Gasteiger charge is 2.28. The fraction of sp³-hybridized carbons (Fsp3) is 0.556. The highest BCUT2D eigenvalue weighted by atomic mass is 19.1. The van der Waals surface area contributed by atoms with Gasteiger partial charge in [-0.3, -0.25) is 4.90 Å². The SMILES string of the molecule is O[C@@H]1COCCN(C2CCN(c3ncc4ccc(F)cc4n3)CC2)C1. The van der Waals surface area contributed by atoms with E-state index < -0.39 is 6.10 Å². The number of ether oxygens (including phenoxy) is 1. The molecule has 2 aliphatic rings. The molecule has 0 unspecified atom stereocenters. The molecule has 0 saturated carbocycles. The third-order valence-electron chi connectivity index (χ3n) is 5.07. The Hall–Kier alpha value is -1.83. The van der Waals surface area contributed by atoms with E-state index in [1.807, 2.05) is 0 Å². The number of halogens is 1. The van der Waals surface area contributed by atoms with Crippen LogP contribution in [0.25, 0.3) is 10.9 Å². The smallest absolute Gasteiger partial charge is 0.225 e. The van der Waals surface area contributed by atoms with Crippen molar-refractivity contribution in [1.82, 2.24) is 14.9 Å². The molecule has 2 fully saturated rings. The zero-order chi connectivity index (χ0) is 17.2. The molecular formula is C18H23FN4O2. The van der Waals surface area contributed by atoms with Crippen LogP contribution in [0.4, 0.5) is 10.3 Å². The summed E-state index contributed by atoms with van der Waals surface area (Å²) in [7, 11) is 0. The van der Waals surface area contributed by atoms with Crippen molar-refractivity contribution in [2.45, 2.75) is 25.0 Å². The average molecular weight is 346 g/mol. The maximum atomic E-state index is 13.4. The maximum Gasteiger partial charge on any atom is 0.225 e. The monoisotopic (exact) mass is 346 g/mol. The first-order chi connectivity index (χ1) is 12.2. The van der Waals surface area contributed by atoms with Crippen molar-refractivity contribution in [1.29, 1.82) is 0 Å². The molecule has 2 saturated heterocycles. The molecule has 0 spiro atoms. The molecule has 1 N–H and O–H groups in total. The summed E-state index contributed by atoms with van der Waals surface area (Å²) in [5.74, 6) is 0.383. The van der Waals surface area contributed by atoms with Crippen molar-refractivity contribution in [3.63, 3.8) is 0 Å². The quantitative estimate of drug-likeness (QED) is 0.888. The Bertz CT molecular complexity index is 736. The van der Waals surface area contributed by atoms with Crippen molar-refractivity contribution < 1.29 is 14.2 Å². The standard InChI is InChI=1S/C18H23FN4O2/c19-14-2-1-13-10-20-18(21-17(13)9-14)22-5-3-15(4-6-22)23-7-8-25-12-16(24)11-23/h1-2,9-10,15-16,24H,3-8,11-12H2/t16-/m0/s1. The van der Waals surface area contributed by atoms with Crippen LogP contribution >= 0.6 is 0 Å². The second kappa shape index (κ2) is 7.19. The van der Waals surface area contributed by atoms with Gasteiger partial charge in [0.25, 0.3) is 0 Å². The van der Waals surface area contributed by atoms with Gasteiger partial charge >= 0.3 is 0 Å². The van der Waals surface area contributed by atoms with E-state index in [4.69, 9.17) is 4.74 Å². The first-order valence-electron chi connectivity index (χ1n) is 8.86. The highest BCUT2D eigenvalue weighted by molar-refractivity contribution is 5.78. The number of anilines is 1. The average Bonchev–Trinajstić information content (AvgIpc) is 2.86. The predicted octanol–water partition coefficient (Wildman–Crippen LogP) is 1.43. The van der Waals surface area contributed by atoms with Crippen LogP contribution in [0.5, 0.6) is 0 Å². The number of hydrogen-bond acceptors (Lipinski definition) is 6. The Labute approximate surface area is 146 Å². The zero-order valence-corrected chi connectivity index (χ0v) is 14.1. The van der Waals surface area contributed by atoms with Crippen molar-refractivity contribution in [2.75, 3.05) is 44.3 Å². The summed E-state index contributed by atoms with van der Waals surface area (Å²) in [6.45, 7) is 4.37. The molecule has 1 atom stereocenters. The summed E-state index contributed by atoms with van der Waals surface area (Å²) in [6.07, 6.45) is 3.35. The summed E-state index contributed by atoms with van der Waals surface area (Å²) in [5, 5.41) is 10.8. The molecule has 0 bridgehead atoms. The van der Waals surface area contributed by atoms with Crippen LogP contribution in [0, 0.1) is 5.82 Å². The maximum absolute atomic E-state index is 13.4. The fourth-order valence-corrected chi connectivity index (χ4v) is 3.72. The van der Waals surface area contributed by atoms with E-state index in [1.54, 1.807) is 12.3 Å². The fourth-order valence-electron chi connectivity index (χ4n) is 3.72. The Morgan fingerprint density at radius 3 is 2.88 bits per heavy atom. The number of rotatable bonds is 2. The highest BCUT2D eigenvalue weighted by Crippen LogP contribution is 2.22. The van der Waals surface area contributed by atoms with Crippen molar-refractivity contribution in [2.24, 2.45) is 0 Å². The molecule has 0 radical (unpaired) electrons. The summed E-state index contributed by atoms with van der Waals surface area (Å²) in [4.78, 5) is 13.5. The lowest BCUT2D eigenvalue weighted by Crippen LogP contribution is -2.47. The predicted molar refractivity (Wildman–Crippen MR) is 93.1 cm³/mol. The third kappa shape index (κ3) is 3.73. The summed E-state index contributed by atoms with van der Waals surface area (Å²) < 4.78 is 18.8. The molecule has 7 heteroatoms. The van der Waals surface area contributed by atoms with Crippen molar-refractivity contribution >= 4 is 16.9 Å². The zero-order valence-electron chi connectivity index (χ0n) is 14.1. The Morgan fingerprint density at radius 2 is 2.04 bits per heavy atom. The number of β-amino-alcohol motifs (C(OH)–C–C–N with tert-alkyl or cyclic N) is 1. The first-order valence-corrected chi connectivity index (χ1v) is 8.86. The molecule has 0 amide bonds. The van der Waals surface area contributed by atoms with Gasteiger partial charge in [-0.1, -0.05) is 0 Å². The second-order valence-corrected chi connectivity index (χ2v) is 6.82. The molecule has 4 rings (SSSR count). The topological polar surface area (TPSA) is 61.7 Å². The summed E-state index contributed by atoms with van der Waals surface area (Å²) in [5.41, 5.74) is 0.639. The molecule has 134 valence electrons. The number of nitrogens with zero attached hydrogens (tertiary/aromatic N) is 4. The van der Waals surface area contributed by atoms with Gasteiger partial charge < -0.3 is 14.7 Å². The molecule has 0 aliphatic carbocycles. The Kier molecular flexibility index (Phi) is 4.78. The van der Waals surface area contributed by atoms with Gasteiger partial charge in [-0.25, -0.2) is 14.4 Å².